The quantitative estimate of drug-likeness (QED) is 0.684. The Balaban J connectivity index is 1.32. The van der Waals surface area contributed by atoms with E-state index in [1.54, 1.807) is 17.8 Å². The molecule has 4 rings (SSSR count). The second kappa shape index (κ2) is 7.16. The van der Waals surface area contributed by atoms with E-state index >= 15 is 4.39 Å². The van der Waals surface area contributed by atoms with Crippen molar-refractivity contribution in [1.82, 2.24) is 4.98 Å². The molecule has 0 aromatic carbocycles. The minimum absolute atomic E-state index is 0.0588. The molecule has 4 nitrogen and oxygen atoms in total. The molecule has 3 atom stereocenters. The van der Waals surface area contributed by atoms with E-state index in [2.05, 4.69) is 4.98 Å². The maximum Gasteiger partial charge on any atom is 0.307 e. The van der Waals surface area contributed by atoms with Crippen LogP contribution in [-0.4, -0.2) is 27.7 Å². The van der Waals surface area contributed by atoms with Crippen molar-refractivity contribution in [2.45, 2.75) is 43.2 Å². The number of allylic oxidation sites excluding steroid dienone is 2. The number of carboxylic acid groups (broad SMARTS) is 1. The van der Waals surface area contributed by atoms with Crippen LogP contribution in [-0.2, 0) is 16.1 Å². The zero-order valence-electron chi connectivity index (χ0n) is 14.4. The second-order valence-corrected chi connectivity index (χ2v) is 8.40. The number of ether oxygens (including phenoxy) is 1. The first-order valence-corrected chi connectivity index (χ1v) is 10.0. The Morgan fingerprint density at radius 2 is 2.27 bits per heavy atom. The number of halogens is 1. The zero-order chi connectivity index (χ0) is 18.1. The molecule has 0 saturated heterocycles. The van der Waals surface area contributed by atoms with Gasteiger partial charge in [0.15, 0.2) is 0 Å². The van der Waals surface area contributed by atoms with Gasteiger partial charge in [-0.05, 0) is 49.3 Å². The maximum absolute atomic E-state index is 15.1. The molecule has 2 fully saturated rings. The minimum atomic E-state index is -1.89. The van der Waals surface area contributed by atoms with Crippen molar-refractivity contribution in [3.63, 3.8) is 0 Å². The highest BCUT2D eigenvalue weighted by atomic mass is 32.2. The summed E-state index contributed by atoms with van der Waals surface area (Å²) in [5.74, 6) is -1.22. The Morgan fingerprint density at radius 1 is 1.42 bits per heavy atom. The second-order valence-electron chi connectivity index (χ2n) is 7.36. The van der Waals surface area contributed by atoms with E-state index in [1.165, 1.54) is 18.9 Å². The molecular weight excluding hydrogens is 353 g/mol. The van der Waals surface area contributed by atoms with Crippen LogP contribution in [0.1, 0.15) is 31.4 Å². The number of hydrogen-bond donors (Lipinski definition) is 1. The maximum atomic E-state index is 15.1. The Kier molecular flexibility index (Phi) is 4.88. The molecule has 0 amide bonds. The Hall–Kier alpha value is -1.66. The molecule has 0 spiro atoms. The van der Waals surface area contributed by atoms with Crippen LogP contribution >= 0.6 is 11.8 Å². The van der Waals surface area contributed by atoms with Crippen molar-refractivity contribution in [2.24, 2.45) is 17.8 Å². The average Bonchev–Trinajstić information content (AvgIpc) is 3.53. The van der Waals surface area contributed by atoms with Crippen molar-refractivity contribution >= 4 is 17.7 Å². The van der Waals surface area contributed by atoms with E-state index in [-0.39, 0.29) is 24.9 Å². The Bertz CT molecular complexity index is 761. The lowest BCUT2D eigenvalue weighted by molar-refractivity contribution is -0.139. The SMILES string of the molecule is O=C(O)C1CC1C1=CC=CC(F)(OCc2cccc(SCC3CC3)n2)C1. The molecule has 138 valence electrons. The number of hydrogen-bond acceptors (Lipinski definition) is 4. The predicted molar refractivity (Wildman–Crippen MR) is 97.4 cm³/mol. The number of alkyl halides is 1. The first kappa shape index (κ1) is 17.7. The fraction of sp³-hybridized carbons (Fsp3) is 0.500. The largest absolute Gasteiger partial charge is 0.481 e. The number of aliphatic carboxylic acids is 1. The number of carboxylic acids is 1. The molecule has 1 N–H and O–H groups in total. The summed E-state index contributed by atoms with van der Waals surface area (Å²) in [5.41, 5.74) is 1.53. The third-order valence-corrected chi connectivity index (χ3v) is 6.25. The third kappa shape index (κ3) is 4.35. The van der Waals surface area contributed by atoms with Crippen LogP contribution in [0.2, 0.25) is 0 Å². The van der Waals surface area contributed by atoms with E-state index in [4.69, 9.17) is 9.84 Å². The van der Waals surface area contributed by atoms with Crippen LogP contribution < -0.4 is 0 Å². The van der Waals surface area contributed by atoms with Gasteiger partial charge in [0.25, 0.3) is 0 Å². The van der Waals surface area contributed by atoms with Crippen molar-refractivity contribution in [3.05, 3.63) is 47.7 Å². The summed E-state index contributed by atoms with van der Waals surface area (Å²) in [4.78, 5) is 15.6. The molecule has 3 aliphatic rings. The summed E-state index contributed by atoms with van der Waals surface area (Å²) >= 11 is 1.74. The van der Waals surface area contributed by atoms with Gasteiger partial charge in [0, 0.05) is 12.2 Å². The number of thioether (sulfide) groups is 1. The molecular formula is C20H22FNO3S. The number of rotatable bonds is 8. The van der Waals surface area contributed by atoms with Crippen molar-refractivity contribution < 1.29 is 19.0 Å². The highest BCUT2D eigenvalue weighted by Gasteiger charge is 2.47. The van der Waals surface area contributed by atoms with Crippen LogP contribution in [0.5, 0.6) is 0 Å². The van der Waals surface area contributed by atoms with Crippen LogP contribution in [0, 0.1) is 17.8 Å². The fourth-order valence-corrected chi connectivity index (χ4v) is 4.34. The summed E-state index contributed by atoms with van der Waals surface area (Å²) < 4.78 is 20.6. The normalized spacial score (nSPS) is 30.1. The minimum Gasteiger partial charge on any atom is -0.481 e. The zero-order valence-corrected chi connectivity index (χ0v) is 15.3. The molecule has 0 radical (unpaired) electrons. The van der Waals surface area contributed by atoms with Crippen molar-refractivity contribution in [2.75, 3.05) is 5.75 Å². The van der Waals surface area contributed by atoms with E-state index in [1.807, 2.05) is 24.3 Å². The summed E-state index contributed by atoms with van der Waals surface area (Å²) in [6.07, 6.45) is 8.16. The lowest BCUT2D eigenvalue weighted by Gasteiger charge is -2.26. The molecule has 0 bridgehead atoms. The van der Waals surface area contributed by atoms with Crippen LogP contribution in [0.4, 0.5) is 4.39 Å². The Morgan fingerprint density at radius 3 is 3.00 bits per heavy atom. The van der Waals surface area contributed by atoms with Gasteiger partial charge >= 0.3 is 5.97 Å². The van der Waals surface area contributed by atoms with Crippen LogP contribution in [0.3, 0.4) is 0 Å². The monoisotopic (exact) mass is 375 g/mol. The van der Waals surface area contributed by atoms with E-state index in [9.17, 15) is 4.79 Å². The summed E-state index contributed by atoms with van der Waals surface area (Å²) in [5, 5.41) is 10.0. The van der Waals surface area contributed by atoms with E-state index in [0.29, 0.717) is 12.1 Å². The van der Waals surface area contributed by atoms with E-state index < -0.39 is 11.8 Å². The van der Waals surface area contributed by atoms with Crippen molar-refractivity contribution in [1.29, 1.82) is 0 Å². The molecule has 1 heterocycles. The summed E-state index contributed by atoms with van der Waals surface area (Å²) in [7, 11) is 0. The number of aromatic nitrogens is 1. The van der Waals surface area contributed by atoms with Gasteiger partial charge in [-0.25, -0.2) is 9.37 Å². The van der Waals surface area contributed by atoms with Gasteiger partial charge in [0.1, 0.15) is 0 Å². The van der Waals surface area contributed by atoms with Gasteiger partial charge in [-0.3, -0.25) is 4.79 Å². The molecule has 3 aliphatic carbocycles. The van der Waals surface area contributed by atoms with Crippen molar-refractivity contribution in [3.8, 4) is 0 Å². The number of nitrogens with zero attached hydrogens (tertiary/aromatic N) is 1. The first-order valence-electron chi connectivity index (χ1n) is 9.05. The highest BCUT2D eigenvalue weighted by Crippen LogP contribution is 2.48. The van der Waals surface area contributed by atoms with Crippen LogP contribution in [0.25, 0.3) is 0 Å². The molecule has 0 aliphatic heterocycles. The molecule has 1 aromatic rings. The van der Waals surface area contributed by atoms with Gasteiger partial charge in [-0.15, -0.1) is 11.8 Å². The highest BCUT2D eigenvalue weighted by molar-refractivity contribution is 7.99. The predicted octanol–water partition coefficient (Wildman–Crippen LogP) is 4.37. The summed E-state index contributed by atoms with van der Waals surface area (Å²) in [6.45, 7) is 0.0962. The average molecular weight is 375 g/mol. The fourth-order valence-electron chi connectivity index (χ4n) is 3.24. The standard InChI is InChI=1S/C20H22FNO3S/c21-20(8-2-3-14(10-20)16-9-17(16)19(23)24)25-11-15-4-1-5-18(22-15)26-12-13-6-7-13/h1-5,8,13,16-17H,6-7,9-12H2,(H,23,24). The topological polar surface area (TPSA) is 59.4 Å². The van der Waals surface area contributed by atoms with Gasteiger partial charge in [0.05, 0.1) is 23.2 Å². The molecule has 1 aromatic heterocycles. The molecule has 6 heteroatoms. The van der Waals surface area contributed by atoms with E-state index in [0.717, 1.165) is 22.3 Å². The molecule has 2 saturated carbocycles. The van der Waals surface area contributed by atoms with Gasteiger partial charge in [0.2, 0.25) is 5.85 Å². The van der Waals surface area contributed by atoms with Gasteiger partial charge in [-0.2, -0.15) is 0 Å². The lowest BCUT2D eigenvalue weighted by Crippen LogP contribution is -2.27. The van der Waals surface area contributed by atoms with Crippen LogP contribution in [0.15, 0.2) is 47.0 Å². The molecule has 3 unspecified atom stereocenters. The Labute approximate surface area is 156 Å². The van der Waals surface area contributed by atoms with Gasteiger partial charge in [-0.1, -0.05) is 23.8 Å². The number of pyridine rings is 1. The lowest BCUT2D eigenvalue weighted by atomic mass is 9.96. The molecule has 26 heavy (non-hydrogen) atoms. The summed E-state index contributed by atoms with van der Waals surface area (Å²) in [6, 6.07) is 5.74. The third-order valence-electron chi connectivity index (χ3n) is 5.09. The van der Waals surface area contributed by atoms with Gasteiger partial charge < -0.3 is 9.84 Å². The smallest absolute Gasteiger partial charge is 0.307 e. The number of carbonyl (C=O) groups is 1. The first-order chi connectivity index (χ1) is 12.5.